The van der Waals surface area contributed by atoms with Gasteiger partial charge in [-0.15, -0.1) is 22.2 Å². The van der Waals surface area contributed by atoms with E-state index in [0.717, 1.165) is 6.42 Å². The highest BCUT2D eigenvalue weighted by Crippen LogP contribution is 2.11. The maximum atomic E-state index is 5.89. The van der Waals surface area contributed by atoms with Crippen LogP contribution in [-0.4, -0.2) is 7.42 Å². The van der Waals surface area contributed by atoms with Crippen LogP contribution in [0.5, 0.6) is 0 Å². The molecule has 0 aliphatic rings. The highest BCUT2D eigenvalue weighted by Gasteiger charge is 2.08. The molecule has 0 unspecified atom stereocenters. The second-order valence-electron chi connectivity index (χ2n) is 4.70. The minimum Gasteiger partial charge on any atom is -0.144 e. The maximum absolute atomic E-state index is 5.89. The Morgan fingerprint density at radius 2 is 1.14 bits per heavy atom. The number of halogens is 2. The summed E-state index contributed by atoms with van der Waals surface area (Å²) in [7, 11) is -1.64. The van der Waals surface area contributed by atoms with E-state index in [1.54, 1.807) is 0 Å². The Bertz CT molecular complexity index is 630. The predicted molar refractivity (Wildman–Crippen MR) is 98.3 cm³/mol. The first-order valence-electron chi connectivity index (χ1n) is 7.02. The first kappa shape index (κ1) is 16.1. The van der Waals surface area contributed by atoms with Crippen LogP contribution in [0.3, 0.4) is 0 Å². The zero-order valence-corrected chi connectivity index (χ0v) is 14.6. The highest BCUT2D eigenvalue weighted by molar-refractivity contribution is 7.39. The fourth-order valence-corrected chi connectivity index (χ4v) is 4.32. The molecule has 0 nitrogen and oxygen atoms in total. The van der Waals surface area contributed by atoms with Gasteiger partial charge in [-0.3, -0.25) is 0 Å². The zero-order valence-electron chi connectivity index (χ0n) is 12.0. The van der Waals surface area contributed by atoms with Crippen molar-refractivity contribution in [1.29, 1.82) is 0 Å². The summed E-state index contributed by atoms with van der Waals surface area (Å²) in [6.45, 7) is 2.11. The number of hydrogen-bond donors (Lipinski definition) is 0. The molecular formula is C18H18Cl2Si. The lowest BCUT2D eigenvalue weighted by Crippen LogP contribution is -2.22. The molecule has 0 aromatic heterocycles. The number of aryl methyl sites for hydroxylation is 1. The molecule has 0 amide bonds. The standard InChI is InChI=1S/C10H8.C8H10Cl2Si/c1-2-6-10-8-4-3-7-9(10)5-1;1-2-7-5-3-4-6-8(7)11(9)10/h1-8H;3-6,11H,2H2,1H3. The molecule has 0 bridgehead atoms. The van der Waals surface area contributed by atoms with Crippen LogP contribution in [-0.2, 0) is 6.42 Å². The van der Waals surface area contributed by atoms with Crippen molar-refractivity contribution < 1.29 is 0 Å². The smallest absolute Gasteiger partial charge is 0.144 e. The Balaban J connectivity index is 0.000000154. The van der Waals surface area contributed by atoms with E-state index >= 15 is 0 Å². The molecule has 3 aromatic carbocycles. The van der Waals surface area contributed by atoms with Gasteiger partial charge in [0.05, 0.1) is 0 Å². The number of rotatable bonds is 2. The molecule has 0 radical (unpaired) electrons. The summed E-state index contributed by atoms with van der Waals surface area (Å²) in [6, 6.07) is 24.8. The van der Waals surface area contributed by atoms with Gasteiger partial charge >= 0.3 is 0 Å². The average Bonchev–Trinajstić information content (AvgIpc) is 2.55. The van der Waals surface area contributed by atoms with Gasteiger partial charge in [0.2, 0.25) is 0 Å². The second-order valence-corrected chi connectivity index (χ2v) is 9.21. The Hall–Kier alpha value is -1.28. The molecule has 0 N–H and O–H groups in total. The summed E-state index contributed by atoms with van der Waals surface area (Å²) < 4.78 is 0. The van der Waals surface area contributed by atoms with Crippen LogP contribution in [0, 0.1) is 0 Å². The molecule has 0 fully saturated rings. The quantitative estimate of drug-likeness (QED) is 0.458. The van der Waals surface area contributed by atoms with E-state index in [0.29, 0.717) is 0 Å². The molecule has 0 saturated heterocycles. The number of fused-ring (bicyclic) bond motifs is 1. The van der Waals surface area contributed by atoms with Crippen molar-refractivity contribution in [1.82, 2.24) is 0 Å². The van der Waals surface area contributed by atoms with Crippen LogP contribution >= 0.6 is 22.2 Å². The molecular weight excluding hydrogens is 315 g/mol. The number of hydrogen-bond acceptors (Lipinski definition) is 0. The topological polar surface area (TPSA) is 0 Å². The lowest BCUT2D eigenvalue weighted by atomic mass is 10.1. The molecule has 0 heterocycles. The molecule has 0 aliphatic carbocycles. The normalized spacial score (nSPS) is 10.3. The van der Waals surface area contributed by atoms with E-state index in [4.69, 9.17) is 22.2 Å². The molecule has 0 atom stereocenters. The fraction of sp³-hybridized carbons (Fsp3) is 0.111. The van der Waals surface area contributed by atoms with Crippen LogP contribution in [0.25, 0.3) is 10.8 Å². The summed E-state index contributed by atoms with van der Waals surface area (Å²) in [5.74, 6) is 0. The SMILES string of the molecule is CCc1ccccc1[SiH](Cl)Cl.c1ccc2ccccc2c1. The molecule has 3 heteroatoms. The van der Waals surface area contributed by atoms with Crippen LogP contribution < -0.4 is 5.19 Å². The molecule has 0 spiro atoms. The molecule has 3 rings (SSSR count). The zero-order chi connectivity index (χ0) is 15.1. The van der Waals surface area contributed by atoms with Crippen LogP contribution in [0.2, 0.25) is 0 Å². The number of benzene rings is 3. The Kier molecular flexibility index (Phi) is 6.31. The van der Waals surface area contributed by atoms with E-state index in [9.17, 15) is 0 Å². The Morgan fingerprint density at radius 1 is 0.714 bits per heavy atom. The summed E-state index contributed by atoms with van der Waals surface area (Å²) in [6.07, 6.45) is 1.01. The van der Waals surface area contributed by atoms with Gasteiger partial charge in [0.15, 0.2) is 0 Å². The van der Waals surface area contributed by atoms with Crippen LogP contribution in [0.15, 0.2) is 72.8 Å². The largest absolute Gasteiger partial charge is 0.266 e. The Labute approximate surface area is 137 Å². The minimum absolute atomic E-state index is 1.01. The van der Waals surface area contributed by atoms with E-state index in [1.165, 1.54) is 21.5 Å². The van der Waals surface area contributed by atoms with E-state index in [2.05, 4.69) is 61.5 Å². The van der Waals surface area contributed by atoms with Gasteiger partial charge in [0.25, 0.3) is 7.42 Å². The van der Waals surface area contributed by atoms with Gasteiger partial charge in [-0.2, -0.15) is 0 Å². The summed E-state index contributed by atoms with van der Waals surface area (Å²) in [4.78, 5) is 0. The summed E-state index contributed by atoms with van der Waals surface area (Å²) in [5, 5.41) is 3.79. The molecule has 0 saturated carbocycles. The van der Waals surface area contributed by atoms with Crippen molar-refractivity contribution in [2.24, 2.45) is 0 Å². The van der Waals surface area contributed by atoms with Crippen LogP contribution in [0.4, 0.5) is 0 Å². The van der Waals surface area contributed by atoms with Crippen molar-refractivity contribution in [3.05, 3.63) is 78.4 Å². The second kappa shape index (κ2) is 8.23. The van der Waals surface area contributed by atoms with Gasteiger partial charge in [-0.05, 0) is 27.9 Å². The third-order valence-electron chi connectivity index (χ3n) is 3.33. The first-order chi connectivity index (χ1) is 10.2. The van der Waals surface area contributed by atoms with Crippen molar-refractivity contribution in [2.45, 2.75) is 13.3 Å². The van der Waals surface area contributed by atoms with E-state index < -0.39 is 7.42 Å². The van der Waals surface area contributed by atoms with Crippen molar-refractivity contribution in [2.75, 3.05) is 0 Å². The fourth-order valence-electron chi connectivity index (χ4n) is 2.20. The predicted octanol–water partition coefficient (Wildman–Crippen LogP) is 4.99. The average molecular weight is 333 g/mol. The first-order valence-corrected chi connectivity index (χ1v) is 11.1. The third-order valence-corrected chi connectivity index (χ3v) is 5.77. The maximum Gasteiger partial charge on any atom is 0.266 e. The minimum atomic E-state index is -1.64. The van der Waals surface area contributed by atoms with E-state index in [1.807, 2.05) is 18.2 Å². The Morgan fingerprint density at radius 3 is 1.52 bits per heavy atom. The van der Waals surface area contributed by atoms with Crippen molar-refractivity contribution in [3.8, 4) is 0 Å². The van der Waals surface area contributed by atoms with Gasteiger partial charge in [0.1, 0.15) is 0 Å². The summed E-state index contributed by atoms with van der Waals surface area (Å²) in [5.41, 5.74) is 1.29. The lowest BCUT2D eigenvalue weighted by Gasteiger charge is -2.05. The molecule has 0 aliphatic heterocycles. The summed E-state index contributed by atoms with van der Waals surface area (Å²) >= 11 is 11.8. The molecule has 108 valence electrons. The third kappa shape index (κ3) is 4.60. The highest BCUT2D eigenvalue weighted by atomic mass is 35.7. The van der Waals surface area contributed by atoms with Crippen LogP contribution in [0.1, 0.15) is 12.5 Å². The van der Waals surface area contributed by atoms with Crippen molar-refractivity contribution in [3.63, 3.8) is 0 Å². The van der Waals surface area contributed by atoms with Gasteiger partial charge in [0, 0.05) is 0 Å². The lowest BCUT2D eigenvalue weighted by molar-refractivity contribution is 1.15. The molecule has 3 aromatic rings. The van der Waals surface area contributed by atoms with Gasteiger partial charge in [-0.1, -0.05) is 79.7 Å². The van der Waals surface area contributed by atoms with Gasteiger partial charge in [-0.25, -0.2) is 0 Å². The molecule has 21 heavy (non-hydrogen) atoms. The van der Waals surface area contributed by atoms with Crippen molar-refractivity contribution >= 4 is 45.5 Å². The van der Waals surface area contributed by atoms with E-state index in [-0.39, 0.29) is 0 Å². The monoisotopic (exact) mass is 332 g/mol. The van der Waals surface area contributed by atoms with Gasteiger partial charge < -0.3 is 0 Å².